The second-order valence-corrected chi connectivity index (χ2v) is 4.13. The SMILES string of the molecule is COc1c(F)c(F)cc(C2CCNCC2)c1F. The van der Waals surface area contributed by atoms with Gasteiger partial charge in [-0.1, -0.05) is 0 Å². The minimum Gasteiger partial charge on any atom is -0.491 e. The van der Waals surface area contributed by atoms with Crippen molar-refractivity contribution < 1.29 is 17.9 Å². The molecule has 0 aromatic heterocycles. The lowest BCUT2D eigenvalue weighted by atomic mass is 9.89. The summed E-state index contributed by atoms with van der Waals surface area (Å²) in [6, 6.07) is 0.948. The molecule has 94 valence electrons. The number of hydrogen-bond donors (Lipinski definition) is 1. The zero-order valence-electron chi connectivity index (χ0n) is 9.53. The number of ether oxygens (including phenoxy) is 1. The molecule has 1 N–H and O–H groups in total. The maximum absolute atomic E-state index is 13.9. The summed E-state index contributed by atoms with van der Waals surface area (Å²) in [5.41, 5.74) is 0.210. The molecule has 0 radical (unpaired) electrons. The van der Waals surface area contributed by atoms with Crippen LogP contribution in [0.1, 0.15) is 24.3 Å². The first kappa shape index (κ1) is 12.2. The van der Waals surface area contributed by atoms with E-state index < -0.39 is 23.2 Å². The summed E-state index contributed by atoms with van der Waals surface area (Å²) >= 11 is 0. The van der Waals surface area contributed by atoms with Crippen LogP contribution in [0.3, 0.4) is 0 Å². The topological polar surface area (TPSA) is 21.3 Å². The van der Waals surface area contributed by atoms with Gasteiger partial charge < -0.3 is 10.1 Å². The molecule has 1 aliphatic heterocycles. The number of hydrogen-bond acceptors (Lipinski definition) is 2. The van der Waals surface area contributed by atoms with Gasteiger partial charge in [0.15, 0.2) is 17.4 Å². The Morgan fingerprint density at radius 2 is 1.82 bits per heavy atom. The van der Waals surface area contributed by atoms with Gasteiger partial charge in [0.05, 0.1) is 7.11 Å². The fourth-order valence-electron chi connectivity index (χ4n) is 2.21. The number of benzene rings is 1. The molecule has 1 heterocycles. The molecule has 0 amide bonds. The lowest BCUT2D eigenvalue weighted by molar-refractivity contribution is 0.338. The molecule has 1 fully saturated rings. The number of piperidine rings is 1. The van der Waals surface area contributed by atoms with Crippen molar-refractivity contribution in [2.24, 2.45) is 0 Å². The molecule has 0 saturated carbocycles. The van der Waals surface area contributed by atoms with E-state index >= 15 is 0 Å². The number of methoxy groups -OCH3 is 1. The van der Waals surface area contributed by atoms with Gasteiger partial charge in [-0.3, -0.25) is 0 Å². The average Bonchev–Trinajstić information content (AvgIpc) is 2.36. The Balaban J connectivity index is 2.42. The number of halogens is 3. The van der Waals surface area contributed by atoms with Gasteiger partial charge in [0.2, 0.25) is 5.82 Å². The maximum Gasteiger partial charge on any atom is 0.203 e. The van der Waals surface area contributed by atoms with E-state index in [1.165, 1.54) is 0 Å². The Bertz CT molecular complexity index is 417. The summed E-state index contributed by atoms with van der Waals surface area (Å²) in [7, 11) is 1.13. The van der Waals surface area contributed by atoms with Crippen LogP contribution in [-0.4, -0.2) is 20.2 Å². The third-order valence-corrected chi connectivity index (χ3v) is 3.13. The molecule has 1 saturated heterocycles. The summed E-state index contributed by atoms with van der Waals surface area (Å²) in [5, 5.41) is 3.14. The van der Waals surface area contributed by atoms with Crippen molar-refractivity contribution in [3.63, 3.8) is 0 Å². The van der Waals surface area contributed by atoms with Gasteiger partial charge >= 0.3 is 0 Å². The first-order valence-electron chi connectivity index (χ1n) is 5.57. The van der Waals surface area contributed by atoms with Crippen LogP contribution in [0.25, 0.3) is 0 Å². The lowest BCUT2D eigenvalue weighted by Gasteiger charge is -2.24. The molecule has 17 heavy (non-hydrogen) atoms. The summed E-state index contributed by atoms with van der Waals surface area (Å²) in [4.78, 5) is 0. The molecule has 0 spiro atoms. The summed E-state index contributed by atoms with van der Waals surface area (Å²) in [5.74, 6) is -3.81. The first-order chi connectivity index (χ1) is 8.15. The van der Waals surface area contributed by atoms with E-state index in [-0.39, 0.29) is 11.5 Å². The minimum atomic E-state index is -1.26. The van der Waals surface area contributed by atoms with Crippen molar-refractivity contribution in [1.29, 1.82) is 0 Å². The standard InChI is InChI=1S/C12H14F3NO/c1-17-12-10(14)8(6-9(13)11(12)15)7-2-4-16-5-3-7/h6-7,16H,2-5H2,1H3. The van der Waals surface area contributed by atoms with Gasteiger partial charge in [0, 0.05) is 0 Å². The summed E-state index contributed by atoms with van der Waals surface area (Å²) in [6.45, 7) is 1.51. The van der Waals surface area contributed by atoms with Crippen LogP contribution in [0.15, 0.2) is 6.07 Å². The molecule has 2 nitrogen and oxygen atoms in total. The van der Waals surface area contributed by atoms with Crippen molar-refractivity contribution in [2.75, 3.05) is 20.2 Å². The van der Waals surface area contributed by atoms with Crippen molar-refractivity contribution in [1.82, 2.24) is 5.32 Å². The zero-order valence-corrected chi connectivity index (χ0v) is 9.53. The van der Waals surface area contributed by atoms with Gasteiger partial charge in [0.1, 0.15) is 0 Å². The van der Waals surface area contributed by atoms with E-state index in [0.29, 0.717) is 12.8 Å². The van der Waals surface area contributed by atoms with Gasteiger partial charge in [-0.25, -0.2) is 8.78 Å². The Kier molecular flexibility index (Phi) is 3.57. The Morgan fingerprint density at radius 3 is 2.41 bits per heavy atom. The van der Waals surface area contributed by atoms with Crippen LogP contribution in [-0.2, 0) is 0 Å². The second kappa shape index (κ2) is 4.96. The van der Waals surface area contributed by atoms with Crippen LogP contribution >= 0.6 is 0 Å². The van der Waals surface area contributed by atoms with Crippen molar-refractivity contribution in [3.8, 4) is 5.75 Å². The van der Waals surface area contributed by atoms with E-state index in [4.69, 9.17) is 0 Å². The Hall–Kier alpha value is -1.23. The molecular formula is C12H14F3NO. The quantitative estimate of drug-likeness (QED) is 0.808. The third-order valence-electron chi connectivity index (χ3n) is 3.13. The first-order valence-corrected chi connectivity index (χ1v) is 5.57. The van der Waals surface area contributed by atoms with Gasteiger partial charge in [-0.15, -0.1) is 0 Å². The molecule has 1 aliphatic rings. The molecule has 0 unspecified atom stereocenters. The maximum atomic E-state index is 13.9. The van der Waals surface area contributed by atoms with E-state index in [9.17, 15) is 13.2 Å². The molecule has 1 aromatic rings. The molecular weight excluding hydrogens is 231 g/mol. The molecule has 0 aliphatic carbocycles. The largest absolute Gasteiger partial charge is 0.491 e. The molecule has 5 heteroatoms. The van der Waals surface area contributed by atoms with E-state index in [1.807, 2.05) is 0 Å². The Morgan fingerprint density at radius 1 is 1.18 bits per heavy atom. The number of nitrogens with one attached hydrogen (secondary N) is 1. The van der Waals surface area contributed by atoms with Crippen molar-refractivity contribution >= 4 is 0 Å². The number of rotatable bonds is 2. The van der Waals surface area contributed by atoms with Crippen LogP contribution in [0.2, 0.25) is 0 Å². The molecule has 2 rings (SSSR count). The van der Waals surface area contributed by atoms with Crippen LogP contribution < -0.4 is 10.1 Å². The predicted octanol–water partition coefficient (Wildman–Crippen LogP) is 2.58. The highest BCUT2D eigenvalue weighted by Crippen LogP contribution is 2.34. The highest BCUT2D eigenvalue weighted by Gasteiger charge is 2.25. The van der Waals surface area contributed by atoms with Gasteiger partial charge in [0.25, 0.3) is 0 Å². The lowest BCUT2D eigenvalue weighted by Crippen LogP contribution is -2.27. The van der Waals surface area contributed by atoms with E-state index in [0.717, 1.165) is 26.3 Å². The predicted molar refractivity (Wildman–Crippen MR) is 57.7 cm³/mol. The minimum absolute atomic E-state index is 0.0831. The summed E-state index contributed by atoms with van der Waals surface area (Å²) in [6.07, 6.45) is 1.43. The fourth-order valence-corrected chi connectivity index (χ4v) is 2.21. The van der Waals surface area contributed by atoms with E-state index in [2.05, 4.69) is 10.1 Å². The zero-order chi connectivity index (χ0) is 12.4. The van der Waals surface area contributed by atoms with Gasteiger partial charge in [-0.05, 0) is 43.5 Å². The molecule has 1 aromatic carbocycles. The highest BCUT2D eigenvalue weighted by molar-refractivity contribution is 5.36. The highest BCUT2D eigenvalue weighted by atomic mass is 19.2. The fraction of sp³-hybridized carbons (Fsp3) is 0.500. The van der Waals surface area contributed by atoms with Crippen molar-refractivity contribution in [2.45, 2.75) is 18.8 Å². The van der Waals surface area contributed by atoms with E-state index in [1.54, 1.807) is 0 Å². The van der Waals surface area contributed by atoms with Crippen LogP contribution in [0.5, 0.6) is 5.75 Å². The van der Waals surface area contributed by atoms with Crippen LogP contribution in [0.4, 0.5) is 13.2 Å². The normalized spacial score (nSPS) is 17.2. The molecule has 0 atom stereocenters. The summed E-state index contributed by atoms with van der Waals surface area (Å²) < 4.78 is 45.1. The second-order valence-electron chi connectivity index (χ2n) is 4.13. The Labute approximate surface area is 97.8 Å². The smallest absolute Gasteiger partial charge is 0.203 e. The third kappa shape index (κ3) is 2.24. The van der Waals surface area contributed by atoms with Crippen molar-refractivity contribution in [3.05, 3.63) is 29.1 Å². The molecule has 0 bridgehead atoms. The van der Waals surface area contributed by atoms with Gasteiger partial charge in [-0.2, -0.15) is 4.39 Å². The average molecular weight is 245 g/mol. The monoisotopic (exact) mass is 245 g/mol. The van der Waals surface area contributed by atoms with Crippen LogP contribution in [0, 0.1) is 17.5 Å².